The summed E-state index contributed by atoms with van der Waals surface area (Å²) in [5.41, 5.74) is 4.74. The third-order valence-electron chi connectivity index (χ3n) is 6.50. The van der Waals surface area contributed by atoms with E-state index in [0.717, 1.165) is 59.5 Å². The molecular formula is C27H27N3O2S2. The van der Waals surface area contributed by atoms with Crippen LogP contribution < -0.4 is 4.74 Å². The van der Waals surface area contributed by atoms with Crippen molar-refractivity contribution in [1.29, 1.82) is 0 Å². The van der Waals surface area contributed by atoms with Gasteiger partial charge in [0.1, 0.15) is 15.8 Å². The Morgan fingerprint density at radius 2 is 1.88 bits per heavy atom. The number of carbonyl (C=O) groups excluding carboxylic acids is 1. The average Bonchev–Trinajstić information content (AvgIpc) is 3.40. The molecule has 0 bridgehead atoms. The summed E-state index contributed by atoms with van der Waals surface area (Å²) in [5, 5.41) is 4.93. The molecular weight excluding hydrogens is 462 g/mol. The first-order valence-electron chi connectivity index (χ1n) is 11.6. The quantitative estimate of drug-likeness (QED) is 0.307. The first-order chi connectivity index (χ1) is 16.5. The molecule has 2 heterocycles. The van der Waals surface area contributed by atoms with Crippen LogP contribution in [0.1, 0.15) is 43.2 Å². The molecule has 0 N–H and O–H groups in total. The maximum atomic E-state index is 13.4. The summed E-state index contributed by atoms with van der Waals surface area (Å²) in [6.45, 7) is 2.05. The second-order valence-electron chi connectivity index (χ2n) is 8.74. The normalized spacial score (nSPS) is 18.2. The van der Waals surface area contributed by atoms with Gasteiger partial charge < -0.3 is 4.74 Å². The van der Waals surface area contributed by atoms with Gasteiger partial charge >= 0.3 is 0 Å². The van der Waals surface area contributed by atoms with E-state index in [1.54, 1.807) is 7.11 Å². The molecule has 1 aromatic heterocycles. The number of thiocarbonyl (C=S) groups is 1. The molecule has 0 unspecified atom stereocenters. The summed E-state index contributed by atoms with van der Waals surface area (Å²) < 4.78 is 7.92. The lowest BCUT2D eigenvalue weighted by molar-refractivity contribution is -0.124. The van der Waals surface area contributed by atoms with Crippen LogP contribution in [-0.2, 0) is 4.79 Å². The van der Waals surface area contributed by atoms with Crippen molar-refractivity contribution in [2.24, 2.45) is 0 Å². The number of ether oxygens (including phenoxy) is 1. The van der Waals surface area contributed by atoms with Gasteiger partial charge in [-0.1, -0.05) is 61.4 Å². The number of rotatable bonds is 5. The molecule has 174 valence electrons. The van der Waals surface area contributed by atoms with Crippen molar-refractivity contribution in [2.75, 3.05) is 7.11 Å². The topological polar surface area (TPSA) is 47.4 Å². The molecule has 1 saturated heterocycles. The largest absolute Gasteiger partial charge is 0.497 e. The fraction of sp³-hybridized carbons (Fsp3) is 0.296. The fourth-order valence-corrected chi connectivity index (χ4v) is 6.11. The van der Waals surface area contributed by atoms with E-state index in [1.807, 2.05) is 77.3 Å². The lowest BCUT2D eigenvalue weighted by Gasteiger charge is -2.29. The average molecular weight is 490 g/mol. The van der Waals surface area contributed by atoms with Crippen LogP contribution in [0, 0.1) is 6.92 Å². The molecule has 2 aliphatic rings. The van der Waals surface area contributed by atoms with Crippen LogP contribution in [0.25, 0.3) is 23.0 Å². The second kappa shape index (κ2) is 9.76. The highest BCUT2D eigenvalue weighted by molar-refractivity contribution is 8.26. The van der Waals surface area contributed by atoms with Crippen LogP contribution in [0.5, 0.6) is 5.75 Å². The number of hydrogen-bond acceptors (Lipinski definition) is 5. The van der Waals surface area contributed by atoms with Crippen LogP contribution in [-0.4, -0.2) is 38.1 Å². The van der Waals surface area contributed by atoms with Crippen molar-refractivity contribution >= 4 is 40.3 Å². The Kier molecular flexibility index (Phi) is 6.57. The van der Waals surface area contributed by atoms with Crippen LogP contribution in [0.2, 0.25) is 0 Å². The van der Waals surface area contributed by atoms with Gasteiger partial charge in [0.15, 0.2) is 0 Å². The van der Waals surface area contributed by atoms with Gasteiger partial charge in [0, 0.05) is 23.4 Å². The molecule has 1 amide bonds. The predicted octanol–water partition coefficient (Wildman–Crippen LogP) is 6.39. The molecule has 0 spiro atoms. The standard InChI is InChI=1S/C27H27N3O2S2/c1-18-15-22(32-2)13-14-23(18)25-19(17-29(28-25)20-9-5-3-6-10-20)16-24-26(31)30(27(33)34-24)21-11-7-4-8-12-21/h3,5-6,9-10,13-17,21H,4,7-8,11-12H2,1-2H3/b24-16+. The van der Waals surface area contributed by atoms with Crippen molar-refractivity contribution in [3.05, 3.63) is 70.8 Å². The fourth-order valence-electron chi connectivity index (χ4n) is 4.72. The molecule has 0 atom stereocenters. The molecule has 1 aliphatic carbocycles. The van der Waals surface area contributed by atoms with E-state index >= 15 is 0 Å². The van der Waals surface area contributed by atoms with Crippen LogP contribution in [0.3, 0.4) is 0 Å². The monoisotopic (exact) mass is 489 g/mol. The minimum absolute atomic E-state index is 0.0202. The zero-order valence-corrected chi connectivity index (χ0v) is 21.0. The number of carbonyl (C=O) groups is 1. The summed E-state index contributed by atoms with van der Waals surface area (Å²) in [7, 11) is 1.66. The molecule has 2 aromatic carbocycles. The van der Waals surface area contributed by atoms with Crippen LogP contribution >= 0.6 is 24.0 Å². The van der Waals surface area contributed by atoms with E-state index in [4.69, 9.17) is 22.1 Å². The van der Waals surface area contributed by atoms with Crippen molar-refractivity contribution in [2.45, 2.75) is 45.1 Å². The predicted molar refractivity (Wildman–Crippen MR) is 142 cm³/mol. The van der Waals surface area contributed by atoms with Gasteiger partial charge in [-0.15, -0.1) is 0 Å². The van der Waals surface area contributed by atoms with Gasteiger partial charge in [0.05, 0.1) is 17.7 Å². The molecule has 5 nitrogen and oxygen atoms in total. The molecule has 7 heteroatoms. The van der Waals surface area contributed by atoms with E-state index in [9.17, 15) is 4.79 Å². The van der Waals surface area contributed by atoms with Gasteiger partial charge in [0.25, 0.3) is 5.91 Å². The third-order valence-corrected chi connectivity index (χ3v) is 7.83. The summed E-state index contributed by atoms with van der Waals surface area (Å²) in [4.78, 5) is 15.9. The maximum absolute atomic E-state index is 13.4. The van der Waals surface area contributed by atoms with E-state index in [-0.39, 0.29) is 11.9 Å². The Labute approximate surface area is 209 Å². The number of benzene rings is 2. The van der Waals surface area contributed by atoms with Gasteiger partial charge in [0.2, 0.25) is 0 Å². The summed E-state index contributed by atoms with van der Waals surface area (Å²) in [6.07, 6.45) is 9.56. The van der Waals surface area contributed by atoms with E-state index in [2.05, 4.69) is 0 Å². The Hall–Kier alpha value is -2.90. The molecule has 5 rings (SSSR count). The Balaban J connectivity index is 1.56. The van der Waals surface area contributed by atoms with Crippen molar-refractivity contribution in [3.8, 4) is 22.7 Å². The first-order valence-corrected chi connectivity index (χ1v) is 12.8. The van der Waals surface area contributed by atoms with Gasteiger partial charge in [-0.25, -0.2) is 4.68 Å². The minimum Gasteiger partial charge on any atom is -0.497 e. The van der Waals surface area contributed by atoms with E-state index in [1.165, 1.54) is 18.2 Å². The molecule has 3 aromatic rings. The second-order valence-corrected chi connectivity index (χ2v) is 10.4. The molecule has 0 radical (unpaired) electrons. The maximum Gasteiger partial charge on any atom is 0.266 e. The van der Waals surface area contributed by atoms with E-state index < -0.39 is 0 Å². The van der Waals surface area contributed by atoms with Crippen LogP contribution in [0.4, 0.5) is 0 Å². The number of nitrogens with zero attached hydrogens (tertiary/aromatic N) is 3. The zero-order chi connectivity index (χ0) is 23.7. The van der Waals surface area contributed by atoms with Crippen molar-refractivity contribution < 1.29 is 9.53 Å². The summed E-state index contributed by atoms with van der Waals surface area (Å²) >= 11 is 7.04. The Morgan fingerprint density at radius 3 is 2.59 bits per heavy atom. The van der Waals surface area contributed by atoms with Gasteiger partial charge in [-0.3, -0.25) is 9.69 Å². The minimum atomic E-state index is 0.0202. The lowest BCUT2D eigenvalue weighted by atomic mass is 9.94. The van der Waals surface area contributed by atoms with Crippen molar-refractivity contribution in [3.63, 3.8) is 0 Å². The zero-order valence-electron chi connectivity index (χ0n) is 19.4. The SMILES string of the molecule is COc1ccc(-c2nn(-c3ccccc3)cc2/C=C2/SC(=S)N(C3CCCCC3)C2=O)c(C)c1. The highest BCUT2D eigenvalue weighted by atomic mass is 32.2. The number of amides is 1. The number of aromatic nitrogens is 2. The highest BCUT2D eigenvalue weighted by Gasteiger charge is 2.37. The van der Waals surface area contributed by atoms with E-state index in [0.29, 0.717) is 9.23 Å². The number of hydrogen-bond donors (Lipinski definition) is 0. The molecule has 2 fully saturated rings. The summed E-state index contributed by atoms with van der Waals surface area (Å²) in [6, 6.07) is 16.2. The van der Waals surface area contributed by atoms with Gasteiger partial charge in [-0.2, -0.15) is 5.10 Å². The number of aryl methyl sites for hydroxylation is 1. The highest BCUT2D eigenvalue weighted by Crippen LogP contribution is 2.39. The number of para-hydroxylation sites is 1. The smallest absolute Gasteiger partial charge is 0.266 e. The van der Waals surface area contributed by atoms with Gasteiger partial charge in [-0.05, 0) is 61.7 Å². The summed E-state index contributed by atoms with van der Waals surface area (Å²) in [5.74, 6) is 0.824. The van der Waals surface area contributed by atoms with Crippen molar-refractivity contribution in [1.82, 2.24) is 14.7 Å². The Morgan fingerprint density at radius 1 is 1.12 bits per heavy atom. The molecule has 34 heavy (non-hydrogen) atoms. The molecule has 1 saturated carbocycles. The first kappa shape index (κ1) is 22.9. The Bertz CT molecular complexity index is 1260. The lowest BCUT2D eigenvalue weighted by Crippen LogP contribution is -2.39. The number of methoxy groups -OCH3 is 1. The third kappa shape index (κ3) is 4.42. The number of thioether (sulfide) groups is 1. The molecule has 1 aliphatic heterocycles. The van der Waals surface area contributed by atoms with Crippen LogP contribution in [0.15, 0.2) is 59.6 Å².